The van der Waals surface area contributed by atoms with Crippen LogP contribution in [0.5, 0.6) is 0 Å². The van der Waals surface area contributed by atoms with Crippen LogP contribution >= 0.6 is 0 Å². The highest BCUT2D eigenvalue weighted by atomic mass is 16.5. The number of hydrogen-bond donors (Lipinski definition) is 1. The van der Waals surface area contributed by atoms with E-state index < -0.39 is 0 Å². The molecule has 1 atom stereocenters. The van der Waals surface area contributed by atoms with Gasteiger partial charge in [0.1, 0.15) is 0 Å². The van der Waals surface area contributed by atoms with Gasteiger partial charge in [0.05, 0.1) is 19.8 Å². The number of hydrogen-bond acceptors (Lipinski definition) is 3. The summed E-state index contributed by atoms with van der Waals surface area (Å²) in [6, 6.07) is 0. The quantitative estimate of drug-likeness (QED) is 0.523. The predicted molar refractivity (Wildman–Crippen MR) is 68.9 cm³/mol. The number of ether oxygens (including phenoxy) is 2. The molecule has 3 nitrogen and oxygen atoms in total. The van der Waals surface area contributed by atoms with Gasteiger partial charge in [0.15, 0.2) is 0 Å². The summed E-state index contributed by atoms with van der Waals surface area (Å²) in [5.74, 6) is 0.833. The Labute approximate surface area is 101 Å². The summed E-state index contributed by atoms with van der Waals surface area (Å²) < 4.78 is 10.9. The van der Waals surface area contributed by atoms with Crippen molar-refractivity contribution < 1.29 is 9.47 Å². The van der Waals surface area contributed by atoms with Gasteiger partial charge in [-0.05, 0) is 25.3 Å². The SMILES string of the molecule is CCNCCOCCOCCCC(C)CC. The monoisotopic (exact) mass is 231 g/mol. The average Bonchev–Trinajstić information content (AvgIpc) is 2.31. The first kappa shape index (κ1) is 15.9. The summed E-state index contributed by atoms with van der Waals surface area (Å²) in [5, 5.41) is 3.21. The highest BCUT2D eigenvalue weighted by molar-refractivity contribution is 4.49. The van der Waals surface area contributed by atoms with Crippen molar-refractivity contribution in [2.75, 3.05) is 39.5 Å². The molecule has 0 aliphatic carbocycles. The van der Waals surface area contributed by atoms with Crippen LogP contribution in [0.3, 0.4) is 0 Å². The van der Waals surface area contributed by atoms with E-state index in [-0.39, 0.29) is 0 Å². The van der Waals surface area contributed by atoms with Gasteiger partial charge in [-0.2, -0.15) is 0 Å². The molecule has 0 aliphatic rings. The molecule has 0 aromatic heterocycles. The Balaban J connectivity index is 2.93. The van der Waals surface area contributed by atoms with Crippen LogP contribution in [0.25, 0.3) is 0 Å². The molecule has 1 unspecified atom stereocenters. The number of nitrogens with one attached hydrogen (secondary N) is 1. The molecule has 0 radical (unpaired) electrons. The summed E-state index contributed by atoms with van der Waals surface area (Å²) in [5.41, 5.74) is 0. The maximum atomic E-state index is 5.49. The summed E-state index contributed by atoms with van der Waals surface area (Å²) in [4.78, 5) is 0. The molecule has 0 aromatic carbocycles. The lowest BCUT2D eigenvalue weighted by Crippen LogP contribution is -2.20. The smallest absolute Gasteiger partial charge is 0.0701 e. The molecule has 3 heteroatoms. The van der Waals surface area contributed by atoms with E-state index in [1.807, 2.05) is 0 Å². The van der Waals surface area contributed by atoms with Gasteiger partial charge >= 0.3 is 0 Å². The summed E-state index contributed by atoms with van der Waals surface area (Å²) in [6.07, 6.45) is 3.72. The van der Waals surface area contributed by atoms with Crippen molar-refractivity contribution in [3.63, 3.8) is 0 Å². The van der Waals surface area contributed by atoms with E-state index in [0.29, 0.717) is 6.61 Å². The van der Waals surface area contributed by atoms with Crippen LogP contribution < -0.4 is 5.32 Å². The normalized spacial score (nSPS) is 12.9. The van der Waals surface area contributed by atoms with Gasteiger partial charge in [-0.3, -0.25) is 0 Å². The van der Waals surface area contributed by atoms with Crippen molar-refractivity contribution in [2.24, 2.45) is 5.92 Å². The van der Waals surface area contributed by atoms with Gasteiger partial charge in [-0.15, -0.1) is 0 Å². The van der Waals surface area contributed by atoms with E-state index in [0.717, 1.165) is 38.8 Å². The fourth-order valence-corrected chi connectivity index (χ4v) is 1.38. The first-order valence-corrected chi connectivity index (χ1v) is 6.67. The highest BCUT2D eigenvalue weighted by Gasteiger charge is 1.97. The van der Waals surface area contributed by atoms with Crippen LogP contribution in [-0.2, 0) is 9.47 Å². The first-order valence-electron chi connectivity index (χ1n) is 6.67. The van der Waals surface area contributed by atoms with Crippen molar-refractivity contribution in [1.82, 2.24) is 5.32 Å². The Morgan fingerprint density at radius 3 is 2.31 bits per heavy atom. The second kappa shape index (κ2) is 12.9. The maximum absolute atomic E-state index is 5.49. The van der Waals surface area contributed by atoms with Crippen molar-refractivity contribution in [3.05, 3.63) is 0 Å². The van der Waals surface area contributed by atoms with Gasteiger partial charge in [0.2, 0.25) is 0 Å². The van der Waals surface area contributed by atoms with E-state index in [1.54, 1.807) is 0 Å². The molecule has 0 bridgehead atoms. The fraction of sp³-hybridized carbons (Fsp3) is 1.00. The predicted octanol–water partition coefficient (Wildman–Crippen LogP) is 2.46. The third kappa shape index (κ3) is 12.0. The number of likely N-dealkylation sites (N-methyl/N-ethyl adjacent to an activating group) is 1. The van der Waals surface area contributed by atoms with Crippen molar-refractivity contribution in [1.29, 1.82) is 0 Å². The van der Waals surface area contributed by atoms with E-state index in [4.69, 9.17) is 9.47 Å². The molecule has 1 N–H and O–H groups in total. The topological polar surface area (TPSA) is 30.5 Å². The third-order valence-electron chi connectivity index (χ3n) is 2.73. The van der Waals surface area contributed by atoms with Crippen LogP contribution in [0.2, 0.25) is 0 Å². The summed E-state index contributed by atoms with van der Waals surface area (Å²) >= 11 is 0. The first-order chi connectivity index (χ1) is 7.81. The van der Waals surface area contributed by atoms with Crippen molar-refractivity contribution >= 4 is 0 Å². The van der Waals surface area contributed by atoms with E-state index in [2.05, 4.69) is 26.1 Å². The maximum Gasteiger partial charge on any atom is 0.0701 e. The Morgan fingerprint density at radius 1 is 1.00 bits per heavy atom. The minimum atomic E-state index is 0.717. The highest BCUT2D eigenvalue weighted by Crippen LogP contribution is 2.08. The lowest BCUT2D eigenvalue weighted by molar-refractivity contribution is 0.0466. The molecule has 0 rings (SSSR count). The summed E-state index contributed by atoms with van der Waals surface area (Å²) in [6.45, 7) is 11.7. The number of rotatable bonds is 12. The lowest BCUT2D eigenvalue weighted by Gasteiger charge is -2.08. The molecule has 0 fully saturated rings. The Hall–Kier alpha value is -0.120. The van der Waals surface area contributed by atoms with Gasteiger partial charge in [0, 0.05) is 13.2 Å². The molecular formula is C13H29NO2. The van der Waals surface area contributed by atoms with E-state index in [1.165, 1.54) is 19.3 Å². The Kier molecular flexibility index (Phi) is 12.9. The second-order valence-corrected chi connectivity index (χ2v) is 4.23. The summed E-state index contributed by atoms with van der Waals surface area (Å²) in [7, 11) is 0. The van der Waals surface area contributed by atoms with Crippen molar-refractivity contribution in [2.45, 2.75) is 40.0 Å². The van der Waals surface area contributed by atoms with Crippen LogP contribution in [-0.4, -0.2) is 39.5 Å². The van der Waals surface area contributed by atoms with Gasteiger partial charge in [-0.1, -0.05) is 27.2 Å². The molecule has 0 amide bonds. The molecule has 0 aromatic rings. The lowest BCUT2D eigenvalue weighted by atomic mass is 10.0. The Morgan fingerprint density at radius 2 is 1.69 bits per heavy atom. The largest absolute Gasteiger partial charge is 0.379 e. The van der Waals surface area contributed by atoms with Gasteiger partial charge in [-0.25, -0.2) is 0 Å². The molecule has 0 heterocycles. The van der Waals surface area contributed by atoms with Crippen molar-refractivity contribution in [3.8, 4) is 0 Å². The van der Waals surface area contributed by atoms with Crippen LogP contribution in [0.15, 0.2) is 0 Å². The van der Waals surface area contributed by atoms with E-state index in [9.17, 15) is 0 Å². The van der Waals surface area contributed by atoms with Crippen LogP contribution in [0, 0.1) is 5.92 Å². The zero-order valence-corrected chi connectivity index (χ0v) is 11.3. The molecule has 0 saturated carbocycles. The molecule has 0 saturated heterocycles. The molecule has 0 aliphatic heterocycles. The Bertz CT molecular complexity index is 131. The molecule has 0 spiro atoms. The third-order valence-corrected chi connectivity index (χ3v) is 2.73. The van der Waals surface area contributed by atoms with Crippen LogP contribution in [0.1, 0.15) is 40.0 Å². The molecule has 98 valence electrons. The standard InChI is InChI=1S/C13H29NO2/c1-4-13(3)7-6-9-15-11-12-16-10-8-14-5-2/h13-14H,4-12H2,1-3H3. The fourth-order valence-electron chi connectivity index (χ4n) is 1.38. The molecular weight excluding hydrogens is 202 g/mol. The van der Waals surface area contributed by atoms with Gasteiger partial charge in [0.25, 0.3) is 0 Å². The van der Waals surface area contributed by atoms with E-state index >= 15 is 0 Å². The molecule has 16 heavy (non-hydrogen) atoms. The van der Waals surface area contributed by atoms with Gasteiger partial charge < -0.3 is 14.8 Å². The zero-order valence-electron chi connectivity index (χ0n) is 11.3. The minimum absolute atomic E-state index is 0.717. The zero-order chi connectivity index (χ0) is 12.1. The van der Waals surface area contributed by atoms with Crippen LogP contribution in [0.4, 0.5) is 0 Å². The minimum Gasteiger partial charge on any atom is -0.379 e. The second-order valence-electron chi connectivity index (χ2n) is 4.23. The average molecular weight is 231 g/mol.